The van der Waals surface area contributed by atoms with E-state index in [1.54, 1.807) is 13.8 Å². The maximum Gasteiger partial charge on any atom is 0.325 e. The number of nitrogens with zero attached hydrogens (tertiary/aromatic N) is 1. The zero-order valence-corrected chi connectivity index (χ0v) is 16.3. The summed E-state index contributed by atoms with van der Waals surface area (Å²) in [6.45, 7) is 5.09. The van der Waals surface area contributed by atoms with Gasteiger partial charge in [-0.15, -0.1) is 0 Å². The average molecular weight is 399 g/mol. The van der Waals surface area contributed by atoms with Crippen LogP contribution in [-0.2, 0) is 24.0 Å². The highest BCUT2D eigenvalue weighted by atomic mass is 16.4. The Hall–Kier alpha value is -2.69. The van der Waals surface area contributed by atoms with Gasteiger partial charge in [0.1, 0.15) is 18.1 Å². The predicted molar refractivity (Wildman–Crippen MR) is 98.5 cm³/mol. The number of carboxylic acids is 1. The molecule has 1 aliphatic rings. The van der Waals surface area contributed by atoms with Crippen LogP contribution >= 0.6 is 0 Å². The third kappa shape index (κ3) is 6.19. The zero-order valence-electron chi connectivity index (χ0n) is 16.3. The van der Waals surface area contributed by atoms with Crippen molar-refractivity contribution in [3.8, 4) is 0 Å². The summed E-state index contributed by atoms with van der Waals surface area (Å²) in [5.41, 5.74) is 10.7. The Morgan fingerprint density at radius 1 is 1.14 bits per heavy atom. The molecule has 4 amide bonds. The van der Waals surface area contributed by atoms with Crippen molar-refractivity contribution in [3.63, 3.8) is 0 Å². The minimum Gasteiger partial charge on any atom is -0.480 e. The van der Waals surface area contributed by atoms with E-state index in [-0.39, 0.29) is 12.3 Å². The Kier molecular flexibility index (Phi) is 8.35. The summed E-state index contributed by atoms with van der Waals surface area (Å²) in [6, 6.07) is -4.03. The zero-order chi connectivity index (χ0) is 21.6. The Morgan fingerprint density at radius 2 is 1.75 bits per heavy atom. The summed E-state index contributed by atoms with van der Waals surface area (Å²) in [7, 11) is 0. The number of carbonyl (C=O) groups is 5. The van der Waals surface area contributed by atoms with Gasteiger partial charge in [-0.2, -0.15) is 0 Å². The van der Waals surface area contributed by atoms with Gasteiger partial charge in [-0.3, -0.25) is 24.0 Å². The summed E-state index contributed by atoms with van der Waals surface area (Å²) in [6.07, 6.45) is 0.613. The van der Waals surface area contributed by atoms with Gasteiger partial charge >= 0.3 is 5.97 Å². The van der Waals surface area contributed by atoms with Gasteiger partial charge in [0, 0.05) is 6.54 Å². The van der Waals surface area contributed by atoms with Crippen LogP contribution < -0.4 is 22.1 Å². The summed E-state index contributed by atoms with van der Waals surface area (Å²) >= 11 is 0. The van der Waals surface area contributed by atoms with E-state index in [4.69, 9.17) is 16.6 Å². The van der Waals surface area contributed by atoms with Gasteiger partial charge in [0.2, 0.25) is 23.6 Å². The molecule has 11 nitrogen and oxygen atoms in total. The molecule has 0 radical (unpaired) electrons. The van der Waals surface area contributed by atoms with Crippen molar-refractivity contribution in [2.24, 2.45) is 17.4 Å². The first kappa shape index (κ1) is 23.3. The van der Waals surface area contributed by atoms with Crippen molar-refractivity contribution in [2.75, 3.05) is 6.54 Å². The molecule has 0 saturated carbocycles. The fraction of sp³-hybridized carbons (Fsp3) is 0.706. The summed E-state index contributed by atoms with van der Waals surface area (Å²) in [5, 5.41) is 13.8. The fourth-order valence-corrected chi connectivity index (χ4v) is 2.94. The van der Waals surface area contributed by atoms with E-state index in [1.165, 1.54) is 11.8 Å². The highest BCUT2D eigenvalue weighted by Gasteiger charge is 2.39. The number of carboxylic acid groups (broad SMARTS) is 1. The maximum atomic E-state index is 13.0. The van der Waals surface area contributed by atoms with Crippen molar-refractivity contribution in [3.05, 3.63) is 0 Å². The van der Waals surface area contributed by atoms with Crippen LogP contribution in [0.3, 0.4) is 0 Å². The number of likely N-dealkylation sites (tertiary alicyclic amines) is 1. The standard InChI is InChI=1S/C17H29N5O6/c1-8(2)13(21-14(24)10(18)7-12(19)23)16(26)22-6-4-5-11(22)15(25)20-9(3)17(27)28/h8-11,13H,4-7,18H2,1-3H3,(H2,19,23)(H,20,25)(H,21,24)(H,27,28). The number of rotatable bonds is 9. The van der Waals surface area contributed by atoms with Gasteiger partial charge in [-0.1, -0.05) is 13.8 Å². The van der Waals surface area contributed by atoms with E-state index in [2.05, 4.69) is 10.6 Å². The lowest BCUT2D eigenvalue weighted by Crippen LogP contribution is -2.58. The van der Waals surface area contributed by atoms with Crippen molar-refractivity contribution < 1.29 is 29.1 Å². The number of amides is 4. The Bertz CT molecular complexity index is 638. The second-order valence-corrected chi connectivity index (χ2v) is 7.27. The van der Waals surface area contributed by atoms with Crippen molar-refractivity contribution in [1.29, 1.82) is 0 Å². The van der Waals surface area contributed by atoms with Crippen molar-refractivity contribution in [1.82, 2.24) is 15.5 Å². The average Bonchev–Trinajstić information content (AvgIpc) is 3.07. The molecule has 1 aliphatic heterocycles. The third-order valence-electron chi connectivity index (χ3n) is 4.56. The minimum atomic E-state index is -1.18. The van der Waals surface area contributed by atoms with Crippen LogP contribution in [0.15, 0.2) is 0 Å². The summed E-state index contributed by atoms with van der Waals surface area (Å²) in [5.74, 6) is -3.93. The van der Waals surface area contributed by atoms with Crippen LogP contribution in [0.2, 0.25) is 0 Å². The number of hydrogen-bond donors (Lipinski definition) is 5. The molecule has 0 spiro atoms. The van der Waals surface area contributed by atoms with Gasteiger partial charge in [0.15, 0.2) is 0 Å². The predicted octanol–water partition coefficient (Wildman–Crippen LogP) is -2.09. The number of nitrogens with two attached hydrogens (primary N) is 2. The number of carbonyl (C=O) groups excluding carboxylic acids is 4. The molecule has 4 atom stereocenters. The third-order valence-corrected chi connectivity index (χ3v) is 4.56. The van der Waals surface area contributed by atoms with Crippen LogP contribution in [0.25, 0.3) is 0 Å². The first-order chi connectivity index (χ1) is 13.0. The number of hydrogen-bond acceptors (Lipinski definition) is 6. The largest absolute Gasteiger partial charge is 0.480 e. The summed E-state index contributed by atoms with van der Waals surface area (Å²) < 4.78 is 0. The van der Waals surface area contributed by atoms with Gasteiger partial charge in [-0.05, 0) is 25.7 Å². The quantitative estimate of drug-likeness (QED) is 0.294. The number of primary amides is 1. The Balaban J connectivity index is 2.87. The molecule has 1 rings (SSSR count). The normalized spacial score (nSPS) is 19.6. The van der Waals surface area contributed by atoms with Gasteiger partial charge in [0.05, 0.1) is 12.5 Å². The van der Waals surface area contributed by atoms with E-state index in [1.807, 2.05) is 0 Å². The molecule has 4 unspecified atom stereocenters. The van der Waals surface area contributed by atoms with E-state index < -0.39 is 53.8 Å². The lowest BCUT2D eigenvalue weighted by atomic mass is 10.0. The fourth-order valence-electron chi connectivity index (χ4n) is 2.94. The molecule has 0 aromatic heterocycles. The van der Waals surface area contributed by atoms with E-state index in [0.717, 1.165) is 0 Å². The summed E-state index contributed by atoms with van der Waals surface area (Å²) in [4.78, 5) is 60.8. The molecule has 0 aliphatic carbocycles. The van der Waals surface area contributed by atoms with Crippen molar-refractivity contribution in [2.45, 2.75) is 64.2 Å². The van der Waals surface area contributed by atoms with Crippen LogP contribution in [0.4, 0.5) is 0 Å². The highest BCUT2D eigenvalue weighted by Crippen LogP contribution is 2.20. The minimum absolute atomic E-state index is 0.306. The molecule has 0 bridgehead atoms. The Morgan fingerprint density at radius 3 is 2.25 bits per heavy atom. The maximum absolute atomic E-state index is 13.0. The lowest BCUT2D eigenvalue weighted by molar-refractivity contribution is -0.145. The molecule has 7 N–H and O–H groups in total. The Labute approximate surface area is 163 Å². The molecular weight excluding hydrogens is 370 g/mol. The first-order valence-corrected chi connectivity index (χ1v) is 9.13. The molecule has 158 valence electrons. The highest BCUT2D eigenvalue weighted by molar-refractivity contribution is 5.95. The molecule has 1 fully saturated rings. The number of aliphatic carboxylic acids is 1. The van der Waals surface area contributed by atoms with Crippen LogP contribution in [0.1, 0.15) is 40.0 Å². The lowest BCUT2D eigenvalue weighted by Gasteiger charge is -2.31. The van der Waals surface area contributed by atoms with Crippen LogP contribution in [0, 0.1) is 5.92 Å². The molecule has 28 heavy (non-hydrogen) atoms. The van der Waals surface area contributed by atoms with Crippen molar-refractivity contribution >= 4 is 29.6 Å². The van der Waals surface area contributed by atoms with Crippen LogP contribution in [-0.4, -0.2) is 70.3 Å². The molecular formula is C17H29N5O6. The first-order valence-electron chi connectivity index (χ1n) is 9.13. The molecule has 1 saturated heterocycles. The van der Waals surface area contributed by atoms with E-state index in [0.29, 0.717) is 19.4 Å². The topological polar surface area (TPSA) is 185 Å². The van der Waals surface area contributed by atoms with E-state index >= 15 is 0 Å². The van der Waals surface area contributed by atoms with E-state index in [9.17, 15) is 24.0 Å². The molecule has 11 heteroatoms. The van der Waals surface area contributed by atoms with Gasteiger partial charge in [0.25, 0.3) is 0 Å². The van der Waals surface area contributed by atoms with Gasteiger partial charge < -0.3 is 32.1 Å². The van der Waals surface area contributed by atoms with Crippen LogP contribution in [0.5, 0.6) is 0 Å². The number of nitrogens with one attached hydrogen (secondary N) is 2. The molecule has 1 heterocycles. The second-order valence-electron chi connectivity index (χ2n) is 7.27. The second kappa shape index (κ2) is 10.0. The molecule has 0 aromatic rings. The smallest absolute Gasteiger partial charge is 0.325 e. The monoisotopic (exact) mass is 399 g/mol. The molecule has 0 aromatic carbocycles. The van der Waals surface area contributed by atoms with Gasteiger partial charge in [-0.25, -0.2) is 0 Å². The SMILES string of the molecule is CC(NC(=O)C1CCCN1C(=O)C(NC(=O)C(N)CC(N)=O)C(C)C)C(=O)O.